The van der Waals surface area contributed by atoms with Gasteiger partial charge in [0.2, 0.25) is 5.91 Å². The number of amides is 1. The minimum absolute atomic E-state index is 0.135. The SMILES string of the molecule is Cc1nc2c(c3c1CCCC3)CN(C(=O)CC1CN(c3ccc(C(F)(F)F)nc3)C1)C2. The van der Waals surface area contributed by atoms with E-state index in [0.29, 0.717) is 38.3 Å². The first-order valence-corrected chi connectivity index (χ1v) is 10.9. The Hall–Kier alpha value is -2.64. The van der Waals surface area contributed by atoms with Crippen LogP contribution in [-0.2, 0) is 36.9 Å². The molecule has 8 heteroatoms. The van der Waals surface area contributed by atoms with Gasteiger partial charge in [0, 0.05) is 37.7 Å². The largest absolute Gasteiger partial charge is 0.433 e. The van der Waals surface area contributed by atoms with Gasteiger partial charge in [0.1, 0.15) is 5.69 Å². The van der Waals surface area contributed by atoms with Crippen LogP contribution in [0.1, 0.15) is 53.0 Å². The molecule has 2 aromatic heterocycles. The van der Waals surface area contributed by atoms with E-state index in [9.17, 15) is 18.0 Å². The lowest BCUT2D eigenvalue weighted by Gasteiger charge is -2.41. The van der Waals surface area contributed by atoms with Crippen molar-refractivity contribution >= 4 is 11.6 Å². The molecule has 5 nitrogen and oxygen atoms in total. The number of anilines is 1. The molecule has 2 aromatic rings. The molecule has 4 heterocycles. The number of aryl methyl sites for hydroxylation is 1. The molecule has 164 valence electrons. The molecular formula is C23H25F3N4O. The van der Waals surface area contributed by atoms with Gasteiger partial charge in [-0.3, -0.25) is 9.78 Å². The van der Waals surface area contributed by atoms with E-state index in [1.165, 1.54) is 41.8 Å². The number of fused-ring (bicyclic) bond motifs is 3. The van der Waals surface area contributed by atoms with Crippen molar-refractivity contribution in [1.29, 1.82) is 0 Å². The molecular weight excluding hydrogens is 405 g/mol. The van der Waals surface area contributed by atoms with E-state index in [2.05, 4.69) is 11.9 Å². The summed E-state index contributed by atoms with van der Waals surface area (Å²) in [7, 11) is 0. The average Bonchev–Trinajstić information content (AvgIpc) is 3.14. The minimum Gasteiger partial charge on any atom is -0.370 e. The summed E-state index contributed by atoms with van der Waals surface area (Å²) in [6.45, 7) is 4.64. The van der Waals surface area contributed by atoms with Crippen LogP contribution in [0.2, 0.25) is 0 Å². The maximum atomic E-state index is 12.9. The van der Waals surface area contributed by atoms with Crippen LogP contribution >= 0.6 is 0 Å². The van der Waals surface area contributed by atoms with Gasteiger partial charge in [-0.05, 0) is 61.4 Å². The number of hydrogen-bond acceptors (Lipinski definition) is 4. The number of alkyl halides is 3. The monoisotopic (exact) mass is 430 g/mol. The standard InChI is InChI=1S/C23H25F3N4O/c1-14-17-4-2-3-5-18(17)19-12-30(13-20(19)28-14)22(31)8-15-10-29(11-15)16-6-7-21(27-9-16)23(24,25)26/h6-7,9,15H,2-5,8,10-13H2,1H3. The summed E-state index contributed by atoms with van der Waals surface area (Å²) in [5.41, 5.74) is 6.02. The number of carbonyl (C=O) groups excluding carboxylic acids is 1. The summed E-state index contributed by atoms with van der Waals surface area (Å²) >= 11 is 0. The second-order valence-electron chi connectivity index (χ2n) is 8.91. The molecule has 3 aliphatic rings. The predicted molar refractivity (Wildman–Crippen MR) is 109 cm³/mol. The highest BCUT2D eigenvalue weighted by atomic mass is 19.4. The molecule has 31 heavy (non-hydrogen) atoms. The zero-order valence-corrected chi connectivity index (χ0v) is 17.5. The molecule has 2 aliphatic heterocycles. The quantitative estimate of drug-likeness (QED) is 0.737. The fraction of sp³-hybridized carbons (Fsp3) is 0.522. The van der Waals surface area contributed by atoms with Crippen molar-refractivity contribution in [1.82, 2.24) is 14.9 Å². The number of aromatic nitrogens is 2. The van der Waals surface area contributed by atoms with Crippen LogP contribution in [0.3, 0.4) is 0 Å². The zero-order chi connectivity index (χ0) is 21.8. The Bertz CT molecular complexity index is 1010. The van der Waals surface area contributed by atoms with Crippen LogP contribution in [0.4, 0.5) is 18.9 Å². The van der Waals surface area contributed by atoms with Crippen molar-refractivity contribution in [2.45, 2.75) is 58.3 Å². The molecule has 1 aliphatic carbocycles. The van der Waals surface area contributed by atoms with E-state index < -0.39 is 11.9 Å². The molecule has 0 atom stereocenters. The third kappa shape index (κ3) is 3.77. The fourth-order valence-electron chi connectivity index (χ4n) is 5.10. The fourth-order valence-corrected chi connectivity index (χ4v) is 5.10. The number of pyridine rings is 2. The van der Waals surface area contributed by atoms with Gasteiger partial charge in [-0.15, -0.1) is 0 Å². The summed E-state index contributed by atoms with van der Waals surface area (Å²) < 4.78 is 38.0. The van der Waals surface area contributed by atoms with Gasteiger partial charge >= 0.3 is 6.18 Å². The first-order chi connectivity index (χ1) is 14.8. The second-order valence-corrected chi connectivity index (χ2v) is 8.91. The van der Waals surface area contributed by atoms with Gasteiger partial charge in [0.05, 0.1) is 24.1 Å². The van der Waals surface area contributed by atoms with E-state index in [-0.39, 0.29) is 11.8 Å². The zero-order valence-electron chi connectivity index (χ0n) is 17.5. The first-order valence-electron chi connectivity index (χ1n) is 10.9. The molecule has 0 aromatic carbocycles. The normalized spacial score (nSPS) is 18.6. The molecule has 0 unspecified atom stereocenters. The van der Waals surface area contributed by atoms with Gasteiger partial charge in [-0.1, -0.05) is 0 Å². The van der Waals surface area contributed by atoms with Gasteiger partial charge < -0.3 is 9.80 Å². The van der Waals surface area contributed by atoms with Crippen LogP contribution in [0.25, 0.3) is 0 Å². The number of hydrogen-bond donors (Lipinski definition) is 0. The summed E-state index contributed by atoms with van der Waals surface area (Å²) in [5, 5.41) is 0. The molecule has 0 radical (unpaired) electrons. The molecule has 1 fully saturated rings. The third-order valence-electron chi connectivity index (χ3n) is 6.79. The molecule has 0 spiro atoms. The maximum Gasteiger partial charge on any atom is 0.433 e. The van der Waals surface area contributed by atoms with E-state index in [1.54, 1.807) is 0 Å². The van der Waals surface area contributed by atoms with Crippen molar-refractivity contribution in [3.63, 3.8) is 0 Å². The Kier molecular flexibility index (Phi) is 4.90. The molecule has 1 saturated heterocycles. The van der Waals surface area contributed by atoms with Crippen molar-refractivity contribution in [3.8, 4) is 0 Å². The second kappa shape index (κ2) is 7.50. The topological polar surface area (TPSA) is 49.3 Å². The summed E-state index contributed by atoms with van der Waals surface area (Å²) in [4.78, 5) is 25.1. The van der Waals surface area contributed by atoms with Crippen LogP contribution in [-0.4, -0.2) is 33.9 Å². The van der Waals surface area contributed by atoms with Crippen molar-refractivity contribution < 1.29 is 18.0 Å². The van der Waals surface area contributed by atoms with Gasteiger partial charge in [-0.2, -0.15) is 13.2 Å². The van der Waals surface area contributed by atoms with Crippen molar-refractivity contribution in [2.24, 2.45) is 5.92 Å². The van der Waals surface area contributed by atoms with E-state index in [0.717, 1.165) is 30.3 Å². The van der Waals surface area contributed by atoms with Gasteiger partial charge in [0.15, 0.2) is 0 Å². The Morgan fingerprint density at radius 2 is 1.84 bits per heavy atom. The third-order valence-corrected chi connectivity index (χ3v) is 6.79. The number of rotatable bonds is 3. The highest BCUT2D eigenvalue weighted by Crippen LogP contribution is 2.35. The molecule has 5 rings (SSSR count). The Balaban J connectivity index is 1.18. The first kappa shape index (κ1) is 20.3. The van der Waals surface area contributed by atoms with Crippen LogP contribution in [0, 0.1) is 12.8 Å². The number of carbonyl (C=O) groups is 1. The summed E-state index contributed by atoms with van der Waals surface area (Å²) in [6, 6.07) is 2.45. The number of nitrogens with zero attached hydrogens (tertiary/aromatic N) is 4. The Morgan fingerprint density at radius 3 is 2.52 bits per heavy atom. The van der Waals surface area contributed by atoms with E-state index in [1.807, 2.05) is 9.80 Å². The lowest BCUT2D eigenvalue weighted by molar-refractivity contribution is -0.141. The lowest BCUT2D eigenvalue weighted by Crippen LogP contribution is -2.48. The maximum absolute atomic E-state index is 12.9. The average molecular weight is 430 g/mol. The predicted octanol–water partition coefficient (Wildman–Crippen LogP) is 4.05. The van der Waals surface area contributed by atoms with Gasteiger partial charge in [-0.25, -0.2) is 4.98 Å². The Labute approximate surface area is 179 Å². The van der Waals surface area contributed by atoms with Crippen LogP contribution < -0.4 is 4.90 Å². The highest BCUT2D eigenvalue weighted by Gasteiger charge is 2.35. The van der Waals surface area contributed by atoms with E-state index in [4.69, 9.17) is 4.98 Å². The molecule has 0 saturated carbocycles. The summed E-state index contributed by atoms with van der Waals surface area (Å²) in [6.07, 6.45) is 1.88. The van der Waals surface area contributed by atoms with Crippen molar-refractivity contribution in [3.05, 3.63) is 52.1 Å². The van der Waals surface area contributed by atoms with Crippen LogP contribution in [0.5, 0.6) is 0 Å². The minimum atomic E-state index is -4.43. The van der Waals surface area contributed by atoms with E-state index >= 15 is 0 Å². The lowest BCUT2D eigenvalue weighted by atomic mass is 9.87. The Morgan fingerprint density at radius 1 is 1.10 bits per heavy atom. The van der Waals surface area contributed by atoms with Crippen molar-refractivity contribution in [2.75, 3.05) is 18.0 Å². The molecule has 1 amide bonds. The molecule has 0 bridgehead atoms. The smallest absolute Gasteiger partial charge is 0.370 e. The highest BCUT2D eigenvalue weighted by molar-refractivity contribution is 5.77. The number of halogens is 3. The van der Waals surface area contributed by atoms with Crippen LogP contribution in [0.15, 0.2) is 18.3 Å². The summed E-state index contributed by atoms with van der Waals surface area (Å²) in [5.74, 6) is 0.345. The van der Waals surface area contributed by atoms with Gasteiger partial charge in [0.25, 0.3) is 0 Å². The molecule has 0 N–H and O–H groups in total.